The van der Waals surface area contributed by atoms with Crippen LogP contribution in [0.5, 0.6) is 0 Å². The molecule has 1 amide bonds. The van der Waals surface area contributed by atoms with Crippen LogP contribution in [-0.2, 0) is 27.8 Å². The Labute approximate surface area is 160 Å². The molecule has 1 atom stereocenters. The van der Waals surface area contributed by atoms with Gasteiger partial charge in [0.05, 0.1) is 12.8 Å². The molecule has 7 heteroatoms. The first-order chi connectivity index (χ1) is 12.7. The number of aryl methyl sites for hydroxylation is 1. The Hall–Kier alpha value is -2.25. The quantitative estimate of drug-likeness (QED) is 0.714. The lowest BCUT2D eigenvalue weighted by atomic mass is 10.1. The molecule has 1 N–H and O–H groups in total. The summed E-state index contributed by atoms with van der Waals surface area (Å²) in [6.07, 6.45) is 2.64. The minimum absolute atomic E-state index is 0.0188. The van der Waals surface area contributed by atoms with E-state index < -0.39 is 15.8 Å². The standard InChI is InChI=1S/C20H25FN2O3S/c1-16(8-9-17-6-4-3-5-7-17)22-20(24)15-23(27(2,25)26)14-18-10-12-19(21)13-11-18/h3-7,10-13,16H,8-9,14-15H2,1-2H3,(H,22,24)/t16-/m1/s1. The van der Waals surface area contributed by atoms with Crippen molar-refractivity contribution in [3.05, 3.63) is 71.5 Å². The molecule has 0 bridgehead atoms. The summed E-state index contributed by atoms with van der Waals surface area (Å²) in [4.78, 5) is 12.3. The number of carbonyl (C=O) groups is 1. The number of amides is 1. The molecule has 5 nitrogen and oxygen atoms in total. The molecule has 0 aromatic heterocycles. The second-order valence-corrected chi connectivity index (χ2v) is 8.63. The number of halogens is 1. The summed E-state index contributed by atoms with van der Waals surface area (Å²) in [7, 11) is -3.58. The normalized spacial score (nSPS) is 12.7. The topological polar surface area (TPSA) is 66.5 Å². The zero-order valence-electron chi connectivity index (χ0n) is 15.6. The summed E-state index contributed by atoms with van der Waals surface area (Å²) in [6.45, 7) is 1.64. The fraction of sp³-hybridized carbons (Fsp3) is 0.350. The van der Waals surface area contributed by atoms with Crippen molar-refractivity contribution in [2.75, 3.05) is 12.8 Å². The third-order valence-corrected chi connectivity index (χ3v) is 5.37. The Bertz CT molecular complexity index is 839. The molecule has 27 heavy (non-hydrogen) atoms. The summed E-state index contributed by atoms with van der Waals surface area (Å²) < 4.78 is 38.1. The molecule has 146 valence electrons. The van der Waals surface area contributed by atoms with Gasteiger partial charge in [-0.1, -0.05) is 42.5 Å². The number of nitrogens with one attached hydrogen (secondary N) is 1. The monoisotopic (exact) mass is 392 g/mol. The molecule has 2 aromatic carbocycles. The lowest BCUT2D eigenvalue weighted by Crippen LogP contribution is -2.42. The molecule has 2 aromatic rings. The fourth-order valence-corrected chi connectivity index (χ4v) is 3.40. The van der Waals surface area contributed by atoms with Gasteiger partial charge in [-0.05, 0) is 43.0 Å². The first-order valence-corrected chi connectivity index (χ1v) is 10.6. The highest BCUT2D eigenvalue weighted by molar-refractivity contribution is 7.88. The second-order valence-electron chi connectivity index (χ2n) is 6.65. The molecule has 2 rings (SSSR count). The highest BCUT2D eigenvalue weighted by atomic mass is 32.2. The summed E-state index contributed by atoms with van der Waals surface area (Å²) in [6, 6.07) is 15.4. The van der Waals surface area contributed by atoms with E-state index in [1.54, 1.807) is 0 Å². The zero-order chi connectivity index (χ0) is 19.9. The average molecular weight is 392 g/mol. The van der Waals surface area contributed by atoms with Crippen molar-refractivity contribution in [3.63, 3.8) is 0 Å². The van der Waals surface area contributed by atoms with Crippen LogP contribution in [0.3, 0.4) is 0 Å². The number of rotatable bonds is 9. The number of hydrogen-bond donors (Lipinski definition) is 1. The second kappa shape index (κ2) is 9.62. The van der Waals surface area contributed by atoms with E-state index in [1.807, 2.05) is 37.3 Å². The molecule has 0 radical (unpaired) electrons. The van der Waals surface area contributed by atoms with Gasteiger partial charge in [-0.25, -0.2) is 12.8 Å². The molecule has 0 saturated heterocycles. The SMILES string of the molecule is C[C@H](CCc1ccccc1)NC(=O)CN(Cc1ccc(F)cc1)S(C)(=O)=O. The highest BCUT2D eigenvalue weighted by Crippen LogP contribution is 2.10. The predicted molar refractivity (Wildman–Crippen MR) is 104 cm³/mol. The van der Waals surface area contributed by atoms with Gasteiger partial charge in [0.25, 0.3) is 0 Å². The van der Waals surface area contributed by atoms with Gasteiger partial charge in [-0.3, -0.25) is 4.79 Å². The summed E-state index contributed by atoms with van der Waals surface area (Å²) in [5.74, 6) is -0.752. The van der Waals surface area contributed by atoms with Crippen molar-refractivity contribution in [1.29, 1.82) is 0 Å². The van der Waals surface area contributed by atoms with E-state index in [0.29, 0.717) is 5.56 Å². The van der Waals surface area contributed by atoms with E-state index in [0.717, 1.165) is 23.4 Å². The molecule has 0 spiro atoms. The zero-order valence-corrected chi connectivity index (χ0v) is 16.4. The average Bonchev–Trinajstić information content (AvgIpc) is 2.61. The van der Waals surface area contributed by atoms with Crippen LogP contribution in [0.4, 0.5) is 4.39 Å². The van der Waals surface area contributed by atoms with Crippen LogP contribution < -0.4 is 5.32 Å². The lowest BCUT2D eigenvalue weighted by Gasteiger charge is -2.21. The minimum Gasteiger partial charge on any atom is -0.352 e. The Kier molecular flexibility index (Phi) is 7.50. The summed E-state index contributed by atoms with van der Waals surface area (Å²) >= 11 is 0. The van der Waals surface area contributed by atoms with Crippen molar-refractivity contribution < 1.29 is 17.6 Å². The largest absolute Gasteiger partial charge is 0.352 e. The van der Waals surface area contributed by atoms with Crippen molar-refractivity contribution in [3.8, 4) is 0 Å². The van der Waals surface area contributed by atoms with E-state index in [4.69, 9.17) is 0 Å². The molecule has 0 unspecified atom stereocenters. The smallest absolute Gasteiger partial charge is 0.235 e. The van der Waals surface area contributed by atoms with Gasteiger partial charge in [-0.15, -0.1) is 0 Å². The maximum Gasteiger partial charge on any atom is 0.235 e. The van der Waals surface area contributed by atoms with Crippen molar-refractivity contribution >= 4 is 15.9 Å². The van der Waals surface area contributed by atoms with Crippen LogP contribution in [0.15, 0.2) is 54.6 Å². The molecule has 0 aliphatic carbocycles. The van der Waals surface area contributed by atoms with Gasteiger partial charge < -0.3 is 5.32 Å². The molecular formula is C20H25FN2O3S. The van der Waals surface area contributed by atoms with Crippen LogP contribution in [0.1, 0.15) is 24.5 Å². The van der Waals surface area contributed by atoms with E-state index in [1.165, 1.54) is 29.8 Å². The molecule has 0 aliphatic rings. The molecular weight excluding hydrogens is 367 g/mol. The van der Waals surface area contributed by atoms with Crippen LogP contribution in [0.2, 0.25) is 0 Å². The van der Waals surface area contributed by atoms with E-state index in [9.17, 15) is 17.6 Å². The fourth-order valence-electron chi connectivity index (χ4n) is 2.66. The van der Waals surface area contributed by atoms with Crippen LogP contribution in [0, 0.1) is 5.82 Å². The Balaban J connectivity index is 1.90. The van der Waals surface area contributed by atoms with Crippen molar-refractivity contribution in [2.24, 2.45) is 0 Å². The highest BCUT2D eigenvalue weighted by Gasteiger charge is 2.21. The third kappa shape index (κ3) is 7.48. The number of sulfonamides is 1. The molecule has 0 heterocycles. The van der Waals surface area contributed by atoms with Gasteiger partial charge in [0.1, 0.15) is 5.82 Å². The van der Waals surface area contributed by atoms with Gasteiger partial charge in [0, 0.05) is 12.6 Å². The van der Waals surface area contributed by atoms with Gasteiger partial charge >= 0.3 is 0 Å². The van der Waals surface area contributed by atoms with Crippen LogP contribution >= 0.6 is 0 Å². The Morgan fingerprint density at radius 3 is 2.30 bits per heavy atom. The van der Waals surface area contributed by atoms with Gasteiger partial charge in [0.2, 0.25) is 15.9 Å². The first kappa shape index (κ1) is 21.1. The Morgan fingerprint density at radius 2 is 1.70 bits per heavy atom. The summed E-state index contributed by atoms with van der Waals surface area (Å²) in [5, 5.41) is 2.84. The predicted octanol–water partition coefficient (Wildman–Crippen LogP) is 2.72. The number of benzene rings is 2. The van der Waals surface area contributed by atoms with E-state index in [-0.39, 0.29) is 25.0 Å². The third-order valence-electron chi connectivity index (χ3n) is 4.18. The molecule has 0 aliphatic heterocycles. The molecule has 0 fully saturated rings. The van der Waals surface area contributed by atoms with Gasteiger partial charge in [-0.2, -0.15) is 4.31 Å². The van der Waals surface area contributed by atoms with Crippen molar-refractivity contribution in [2.45, 2.75) is 32.4 Å². The number of nitrogens with zero attached hydrogens (tertiary/aromatic N) is 1. The van der Waals surface area contributed by atoms with E-state index in [2.05, 4.69) is 5.32 Å². The number of hydrogen-bond acceptors (Lipinski definition) is 3. The maximum absolute atomic E-state index is 13.0. The van der Waals surface area contributed by atoms with Crippen LogP contribution in [-0.4, -0.2) is 37.5 Å². The summed E-state index contributed by atoms with van der Waals surface area (Å²) in [5.41, 5.74) is 1.81. The lowest BCUT2D eigenvalue weighted by molar-refractivity contribution is -0.122. The van der Waals surface area contributed by atoms with Crippen molar-refractivity contribution in [1.82, 2.24) is 9.62 Å². The van der Waals surface area contributed by atoms with Gasteiger partial charge in [0.15, 0.2) is 0 Å². The van der Waals surface area contributed by atoms with E-state index >= 15 is 0 Å². The van der Waals surface area contributed by atoms with Crippen LogP contribution in [0.25, 0.3) is 0 Å². The minimum atomic E-state index is -3.58. The molecule has 0 saturated carbocycles. The number of carbonyl (C=O) groups excluding carboxylic acids is 1. The Morgan fingerprint density at radius 1 is 1.07 bits per heavy atom. The maximum atomic E-state index is 13.0. The first-order valence-electron chi connectivity index (χ1n) is 8.77.